The number of pyridine rings is 1. The first-order valence-corrected chi connectivity index (χ1v) is 7.71. The summed E-state index contributed by atoms with van der Waals surface area (Å²) in [5.41, 5.74) is 2.02. The molecule has 1 aromatic carbocycles. The lowest BCUT2D eigenvalue weighted by molar-refractivity contribution is 0.00578. The van der Waals surface area contributed by atoms with Crippen molar-refractivity contribution in [2.45, 2.75) is 38.9 Å². The van der Waals surface area contributed by atoms with Crippen LogP contribution in [0.1, 0.15) is 38.1 Å². The fourth-order valence-electron chi connectivity index (χ4n) is 2.66. The van der Waals surface area contributed by atoms with Gasteiger partial charge in [-0.3, -0.25) is 9.78 Å². The molecule has 0 atom stereocenters. The SMILES string of the molecule is CC1(C)OB(c2c(C=O)cccc2-c2ccccn2)OC1(C)C. The quantitative estimate of drug-likeness (QED) is 0.646. The minimum Gasteiger partial charge on any atom is -0.399 e. The van der Waals surface area contributed by atoms with Crippen molar-refractivity contribution >= 4 is 18.9 Å². The normalized spacial score (nSPS) is 18.9. The van der Waals surface area contributed by atoms with E-state index in [4.69, 9.17) is 9.31 Å². The van der Waals surface area contributed by atoms with Crippen LogP contribution < -0.4 is 5.46 Å². The molecule has 1 saturated heterocycles. The Hall–Kier alpha value is -1.98. The molecule has 2 aromatic rings. The number of carbonyl (C=O) groups excluding carboxylic acids is 1. The first-order chi connectivity index (χ1) is 10.9. The molecule has 0 spiro atoms. The highest BCUT2D eigenvalue weighted by molar-refractivity contribution is 6.65. The number of hydrogen-bond donors (Lipinski definition) is 0. The lowest BCUT2D eigenvalue weighted by Crippen LogP contribution is -2.41. The first kappa shape index (κ1) is 15.9. The second-order valence-corrected chi connectivity index (χ2v) is 6.73. The largest absolute Gasteiger partial charge is 0.496 e. The third kappa shape index (κ3) is 2.71. The molecular formula is C18H20BNO3. The van der Waals surface area contributed by atoms with Gasteiger partial charge in [-0.1, -0.05) is 24.3 Å². The van der Waals surface area contributed by atoms with Gasteiger partial charge in [0.1, 0.15) is 6.29 Å². The van der Waals surface area contributed by atoms with Gasteiger partial charge in [-0.25, -0.2) is 0 Å². The van der Waals surface area contributed by atoms with E-state index in [2.05, 4.69) is 4.98 Å². The van der Waals surface area contributed by atoms with Crippen molar-refractivity contribution in [2.24, 2.45) is 0 Å². The Morgan fingerprint density at radius 3 is 2.26 bits per heavy atom. The Kier molecular flexibility index (Phi) is 3.86. The smallest absolute Gasteiger partial charge is 0.399 e. The molecule has 1 aliphatic heterocycles. The number of benzene rings is 1. The molecule has 2 heterocycles. The molecule has 1 aromatic heterocycles. The van der Waals surface area contributed by atoms with Crippen molar-refractivity contribution in [1.29, 1.82) is 0 Å². The molecule has 5 heteroatoms. The van der Waals surface area contributed by atoms with Crippen LogP contribution in [0.4, 0.5) is 0 Å². The average Bonchev–Trinajstić information content (AvgIpc) is 2.75. The van der Waals surface area contributed by atoms with Crippen LogP contribution in [-0.2, 0) is 9.31 Å². The molecular weight excluding hydrogens is 289 g/mol. The van der Waals surface area contributed by atoms with E-state index in [1.807, 2.05) is 58.0 Å². The molecule has 0 N–H and O–H groups in total. The van der Waals surface area contributed by atoms with Crippen LogP contribution in [0.25, 0.3) is 11.3 Å². The van der Waals surface area contributed by atoms with E-state index < -0.39 is 18.3 Å². The van der Waals surface area contributed by atoms with Gasteiger partial charge in [-0.05, 0) is 39.8 Å². The maximum atomic E-state index is 11.6. The van der Waals surface area contributed by atoms with E-state index in [-0.39, 0.29) is 0 Å². The van der Waals surface area contributed by atoms with Gasteiger partial charge in [0.25, 0.3) is 0 Å². The van der Waals surface area contributed by atoms with Crippen molar-refractivity contribution in [3.8, 4) is 11.3 Å². The Morgan fingerprint density at radius 2 is 1.70 bits per heavy atom. The van der Waals surface area contributed by atoms with Crippen LogP contribution in [0.3, 0.4) is 0 Å². The Labute approximate surface area is 137 Å². The summed E-state index contributed by atoms with van der Waals surface area (Å²) in [4.78, 5) is 16.0. The van der Waals surface area contributed by atoms with Gasteiger partial charge in [0.05, 0.1) is 16.9 Å². The van der Waals surface area contributed by atoms with E-state index in [9.17, 15) is 4.79 Å². The zero-order valence-corrected chi connectivity index (χ0v) is 13.9. The third-order valence-electron chi connectivity index (χ3n) is 4.70. The minimum atomic E-state index is -0.599. The fourth-order valence-corrected chi connectivity index (χ4v) is 2.66. The predicted molar refractivity (Wildman–Crippen MR) is 90.8 cm³/mol. The number of nitrogens with zero attached hydrogens (tertiary/aromatic N) is 1. The zero-order chi connectivity index (χ0) is 16.7. The highest BCUT2D eigenvalue weighted by Gasteiger charge is 2.52. The van der Waals surface area contributed by atoms with Gasteiger partial charge in [0, 0.05) is 22.8 Å². The average molecular weight is 309 g/mol. The van der Waals surface area contributed by atoms with Crippen molar-refractivity contribution in [3.05, 3.63) is 48.2 Å². The summed E-state index contributed by atoms with van der Waals surface area (Å²) in [6.07, 6.45) is 2.57. The molecule has 0 saturated carbocycles. The van der Waals surface area contributed by atoms with Crippen LogP contribution in [0.2, 0.25) is 0 Å². The van der Waals surface area contributed by atoms with E-state index in [0.29, 0.717) is 5.56 Å². The highest BCUT2D eigenvalue weighted by Crippen LogP contribution is 2.37. The molecule has 1 aliphatic rings. The van der Waals surface area contributed by atoms with Gasteiger partial charge < -0.3 is 9.31 Å². The summed E-state index contributed by atoms with van der Waals surface area (Å²) in [5, 5.41) is 0. The molecule has 4 nitrogen and oxygen atoms in total. The van der Waals surface area contributed by atoms with Crippen molar-refractivity contribution in [1.82, 2.24) is 4.98 Å². The number of aldehydes is 1. The Morgan fingerprint density at radius 1 is 1.00 bits per heavy atom. The molecule has 118 valence electrons. The van der Waals surface area contributed by atoms with Crippen LogP contribution >= 0.6 is 0 Å². The highest BCUT2D eigenvalue weighted by atomic mass is 16.7. The summed E-state index contributed by atoms with van der Waals surface area (Å²) in [5.74, 6) is 0. The minimum absolute atomic E-state index is 0.463. The van der Waals surface area contributed by atoms with Crippen LogP contribution in [0.5, 0.6) is 0 Å². The number of rotatable bonds is 3. The lowest BCUT2D eigenvalue weighted by atomic mass is 9.72. The molecule has 0 unspecified atom stereocenters. The molecule has 0 bridgehead atoms. The Balaban J connectivity index is 2.14. The van der Waals surface area contributed by atoms with Gasteiger partial charge >= 0.3 is 7.12 Å². The second-order valence-electron chi connectivity index (χ2n) is 6.73. The number of hydrogen-bond acceptors (Lipinski definition) is 4. The summed E-state index contributed by atoms with van der Waals surface area (Å²) in [6, 6.07) is 11.3. The van der Waals surface area contributed by atoms with Crippen molar-refractivity contribution in [3.63, 3.8) is 0 Å². The monoisotopic (exact) mass is 309 g/mol. The molecule has 0 radical (unpaired) electrons. The van der Waals surface area contributed by atoms with Gasteiger partial charge in [0.2, 0.25) is 0 Å². The van der Waals surface area contributed by atoms with Crippen molar-refractivity contribution < 1.29 is 14.1 Å². The summed E-state index contributed by atoms with van der Waals surface area (Å²) in [7, 11) is -0.599. The molecule has 0 amide bonds. The topological polar surface area (TPSA) is 48.4 Å². The predicted octanol–water partition coefficient (Wildman–Crippen LogP) is 2.86. The summed E-state index contributed by atoms with van der Waals surface area (Å²) < 4.78 is 12.3. The first-order valence-electron chi connectivity index (χ1n) is 7.71. The zero-order valence-electron chi connectivity index (χ0n) is 13.9. The fraction of sp³-hybridized carbons (Fsp3) is 0.333. The van der Waals surface area contributed by atoms with Crippen LogP contribution in [-0.4, -0.2) is 29.6 Å². The maximum Gasteiger partial charge on any atom is 0.496 e. The molecule has 1 fully saturated rings. The van der Waals surface area contributed by atoms with Gasteiger partial charge in [0.15, 0.2) is 0 Å². The maximum absolute atomic E-state index is 11.6. The number of aromatic nitrogens is 1. The van der Waals surface area contributed by atoms with E-state index in [1.54, 1.807) is 12.3 Å². The van der Waals surface area contributed by atoms with Crippen LogP contribution in [0.15, 0.2) is 42.6 Å². The molecule has 3 rings (SSSR count). The van der Waals surface area contributed by atoms with Gasteiger partial charge in [-0.2, -0.15) is 0 Å². The second kappa shape index (κ2) is 5.58. The standard InChI is InChI=1S/C18H20BNO3/c1-17(2)18(3,4)23-19(22-17)16-13(12-21)8-7-9-14(16)15-10-5-6-11-20-15/h5-12H,1-4H3. The van der Waals surface area contributed by atoms with Crippen molar-refractivity contribution in [2.75, 3.05) is 0 Å². The lowest BCUT2D eigenvalue weighted by Gasteiger charge is -2.32. The third-order valence-corrected chi connectivity index (χ3v) is 4.70. The number of carbonyl (C=O) groups is 1. The van der Waals surface area contributed by atoms with E-state index in [0.717, 1.165) is 23.0 Å². The Bertz CT molecular complexity index is 712. The van der Waals surface area contributed by atoms with E-state index >= 15 is 0 Å². The van der Waals surface area contributed by atoms with Crippen LogP contribution in [0, 0.1) is 0 Å². The summed E-state index contributed by atoms with van der Waals surface area (Å²) in [6.45, 7) is 7.99. The summed E-state index contributed by atoms with van der Waals surface area (Å²) >= 11 is 0. The molecule has 23 heavy (non-hydrogen) atoms. The molecule has 0 aliphatic carbocycles. The van der Waals surface area contributed by atoms with E-state index in [1.165, 1.54) is 0 Å². The van der Waals surface area contributed by atoms with Gasteiger partial charge in [-0.15, -0.1) is 0 Å².